The van der Waals surface area contributed by atoms with Crippen molar-refractivity contribution in [1.29, 1.82) is 0 Å². The van der Waals surface area contributed by atoms with Gasteiger partial charge in [-0.2, -0.15) is 0 Å². The van der Waals surface area contributed by atoms with E-state index in [2.05, 4.69) is 0 Å². The Labute approximate surface area is 101 Å². The Kier molecular flexibility index (Phi) is 4.55. The van der Waals surface area contributed by atoms with Crippen LogP contribution in [0, 0.1) is 18.7 Å². The normalized spacial score (nSPS) is 10.6. The first-order valence-electron chi connectivity index (χ1n) is 5.71. The van der Waals surface area contributed by atoms with Crippen LogP contribution in [0.3, 0.4) is 0 Å². The largest absolute Gasteiger partial charge is 0.299 e. The van der Waals surface area contributed by atoms with Gasteiger partial charge in [-0.1, -0.05) is 13.8 Å². The molecule has 0 bridgehead atoms. The molecule has 0 unspecified atom stereocenters. The summed E-state index contributed by atoms with van der Waals surface area (Å²) in [6, 6.07) is 4.17. The summed E-state index contributed by atoms with van der Waals surface area (Å²) >= 11 is 0. The zero-order chi connectivity index (χ0) is 13.0. The number of hydrogen-bond acceptors (Lipinski definition) is 2. The van der Waals surface area contributed by atoms with Crippen molar-refractivity contribution in [3.63, 3.8) is 0 Å². The average Bonchev–Trinajstić information content (AvgIpc) is 2.20. The van der Waals surface area contributed by atoms with Crippen LogP contribution in [0.2, 0.25) is 0 Å². The fourth-order valence-corrected chi connectivity index (χ4v) is 1.63. The Balaban J connectivity index is 2.70. The van der Waals surface area contributed by atoms with E-state index in [-0.39, 0.29) is 29.7 Å². The van der Waals surface area contributed by atoms with Gasteiger partial charge in [0.1, 0.15) is 11.6 Å². The lowest BCUT2D eigenvalue weighted by Crippen LogP contribution is -2.10. The summed E-state index contributed by atoms with van der Waals surface area (Å²) in [6.07, 6.45) is 0.315. The summed E-state index contributed by atoms with van der Waals surface area (Å²) in [6.45, 7) is 5.47. The molecule has 1 aromatic rings. The van der Waals surface area contributed by atoms with Crippen LogP contribution in [0.1, 0.15) is 42.6 Å². The van der Waals surface area contributed by atoms with E-state index in [9.17, 15) is 14.0 Å². The highest BCUT2D eigenvalue weighted by Gasteiger charge is 2.13. The Bertz CT molecular complexity index is 436. The molecule has 0 N–H and O–H groups in total. The molecule has 0 fully saturated rings. The molecule has 0 saturated carbocycles. The van der Waals surface area contributed by atoms with Gasteiger partial charge in [0, 0.05) is 12.0 Å². The number of carbonyl (C=O) groups is 2. The topological polar surface area (TPSA) is 34.1 Å². The maximum atomic E-state index is 13.0. The number of halogens is 1. The van der Waals surface area contributed by atoms with Gasteiger partial charge in [-0.3, -0.25) is 9.59 Å². The van der Waals surface area contributed by atoms with E-state index in [0.29, 0.717) is 17.5 Å². The van der Waals surface area contributed by atoms with Crippen molar-refractivity contribution in [3.8, 4) is 0 Å². The van der Waals surface area contributed by atoms with Gasteiger partial charge in [0.15, 0.2) is 5.78 Å². The number of carbonyl (C=O) groups excluding carboxylic acids is 2. The predicted molar refractivity (Wildman–Crippen MR) is 64.5 cm³/mol. The molecule has 1 rings (SSSR count). The Morgan fingerprint density at radius 1 is 1.29 bits per heavy atom. The predicted octanol–water partition coefficient (Wildman–Crippen LogP) is 3.32. The molecule has 0 aliphatic carbocycles. The summed E-state index contributed by atoms with van der Waals surface area (Å²) in [5.41, 5.74) is 0.827. The first kappa shape index (κ1) is 13.6. The third kappa shape index (κ3) is 4.10. The minimum atomic E-state index is -0.338. The molecule has 2 nitrogen and oxygen atoms in total. The molecular weight excluding hydrogens is 219 g/mol. The minimum Gasteiger partial charge on any atom is -0.299 e. The lowest BCUT2D eigenvalue weighted by atomic mass is 9.99. The minimum absolute atomic E-state index is 0.0630. The fourth-order valence-electron chi connectivity index (χ4n) is 1.63. The molecule has 92 valence electrons. The highest BCUT2D eigenvalue weighted by Crippen LogP contribution is 2.12. The SMILES string of the molecule is Cc1cc(C(=O)CC(=O)CC(C)C)ccc1F. The van der Waals surface area contributed by atoms with Gasteiger partial charge in [0.05, 0.1) is 6.42 Å². The van der Waals surface area contributed by atoms with E-state index < -0.39 is 0 Å². The van der Waals surface area contributed by atoms with Gasteiger partial charge in [-0.05, 0) is 36.6 Å². The molecule has 0 aliphatic heterocycles. The molecular formula is C14H17FO2. The summed E-state index contributed by atoms with van der Waals surface area (Å²) in [5, 5.41) is 0. The molecule has 0 aromatic heterocycles. The molecule has 17 heavy (non-hydrogen) atoms. The first-order chi connectivity index (χ1) is 7.90. The smallest absolute Gasteiger partial charge is 0.170 e. The summed E-state index contributed by atoms with van der Waals surface area (Å²) < 4.78 is 13.0. The maximum Gasteiger partial charge on any atom is 0.170 e. The van der Waals surface area contributed by atoms with Crippen LogP contribution in [0.4, 0.5) is 4.39 Å². The molecule has 0 amide bonds. The Morgan fingerprint density at radius 3 is 2.47 bits per heavy atom. The highest BCUT2D eigenvalue weighted by molar-refractivity contribution is 6.08. The number of hydrogen-bond donors (Lipinski definition) is 0. The van der Waals surface area contributed by atoms with Crippen LogP contribution in [-0.4, -0.2) is 11.6 Å². The van der Waals surface area contributed by atoms with E-state index in [1.807, 2.05) is 13.8 Å². The van der Waals surface area contributed by atoms with Gasteiger partial charge >= 0.3 is 0 Å². The number of benzene rings is 1. The van der Waals surface area contributed by atoms with Crippen molar-refractivity contribution in [3.05, 3.63) is 35.1 Å². The second-order valence-corrected chi connectivity index (χ2v) is 4.70. The van der Waals surface area contributed by atoms with Gasteiger partial charge < -0.3 is 0 Å². The van der Waals surface area contributed by atoms with Gasteiger partial charge in [0.25, 0.3) is 0 Å². The van der Waals surface area contributed by atoms with E-state index >= 15 is 0 Å². The molecule has 0 saturated heterocycles. The van der Waals surface area contributed by atoms with Crippen molar-refractivity contribution in [2.75, 3.05) is 0 Å². The monoisotopic (exact) mass is 236 g/mol. The molecule has 0 radical (unpaired) electrons. The van der Waals surface area contributed by atoms with Crippen molar-refractivity contribution in [1.82, 2.24) is 0 Å². The second-order valence-electron chi connectivity index (χ2n) is 4.70. The third-order valence-corrected chi connectivity index (χ3v) is 2.47. The number of rotatable bonds is 5. The Hall–Kier alpha value is -1.51. The van der Waals surface area contributed by atoms with Crippen LogP contribution in [0.5, 0.6) is 0 Å². The average molecular weight is 236 g/mol. The molecule has 3 heteroatoms. The number of ketones is 2. The van der Waals surface area contributed by atoms with Crippen LogP contribution in [0.15, 0.2) is 18.2 Å². The van der Waals surface area contributed by atoms with Crippen LogP contribution < -0.4 is 0 Å². The quantitative estimate of drug-likeness (QED) is 0.580. The van der Waals surface area contributed by atoms with E-state index in [1.54, 1.807) is 6.92 Å². The van der Waals surface area contributed by atoms with E-state index in [1.165, 1.54) is 18.2 Å². The van der Waals surface area contributed by atoms with Gasteiger partial charge in [-0.25, -0.2) is 4.39 Å². The molecule has 0 atom stereocenters. The third-order valence-electron chi connectivity index (χ3n) is 2.47. The zero-order valence-electron chi connectivity index (χ0n) is 10.4. The van der Waals surface area contributed by atoms with Crippen LogP contribution >= 0.6 is 0 Å². The molecule has 1 aromatic carbocycles. The molecule has 0 heterocycles. The summed E-state index contributed by atoms with van der Waals surface area (Å²) in [4.78, 5) is 23.3. The highest BCUT2D eigenvalue weighted by atomic mass is 19.1. The summed E-state index contributed by atoms with van der Waals surface area (Å²) in [5.74, 6) is -0.383. The molecule has 0 aliphatic rings. The van der Waals surface area contributed by atoms with Crippen molar-refractivity contribution < 1.29 is 14.0 Å². The van der Waals surface area contributed by atoms with Crippen molar-refractivity contribution >= 4 is 11.6 Å². The maximum absolute atomic E-state index is 13.0. The lowest BCUT2D eigenvalue weighted by Gasteiger charge is -2.04. The van der Waals surface area contributed by atoms with Gasteiger partial charge in [0.2, 0.25) is 0 Å². The van der Waals surface area contributed by atoms with E-state index in [4.69, 9.17) is 0 Å². The standard InChI is InChI=1S/C14H17FO2/c1-9(2)6-12(16)8-14(17)11-4-5-13(15)10(3)7-11/h4-5,7,9H,6,8H2,1-3H3. The van der Waals surface area contributed by atoms with E-state index in [0.717, 1.165) is 0 Å². The van der Waals surface area contributed by atoms with Crippen LogP contribution in [-0.2, 0) is 4.79 Å². The number of Topliss-reactive ketones (excluding diaryl/α,β-unsaturated/α-hetero) is 2. The second kappa shape index (κ2) is 5.71. The number of aryl methyl sites for hydroxylation is 1. The van der Waals surface area contributed by atoms with Crippen molar-refractivity contribution in [2.24, 2.45) is 5.92 Å². The fraction of sp³-hybridized carbons (Fsp3) is 0.429. The Morgan fingerprint density at radius 2 is 1.94 bits per heavy atom. The van der Waals surface area contributed by atoms with Gasteiger partial charge in [-0.15, -0.1) is 0 Å². The van der Waals surface area contributed by atoms with Crippen LogP contribution in [0.25, 0.3) is 0 Å². The zero-order valence-corrected chi connectivity index (χ0v) is 10.4. The van der Waals surface area contributed by atoms with Crippen molar-refractivity contribution in [2.45, 2.75) is 33.6 Å². The lowest BCUT2D eigenvalue weighted by molar-refractivity contribution is -0.118. The molecule has 0 spiro atoms. The first-order valence-corrected chi connectivity index (χ1v) is 5.71. The summed E-state index contributed by atoms with van der Waals surface area (Å²) in [7, 11) is 0.